The van der Waals surface area contributed by atoms with E-state index >= 15 is 0 Å². The van der Waals surface area contributed by atoms with Gasteiger partial charge in [0, 0.05) is 37.7 Å². The molecule has 0 N–H and O–H groups in total. The summed E-state index contributed by atoms with van der Waals surface area (Å²) in [6, 6.07) is 7.56. The van der Waals surface area contributed by atoms with Crippen molar-refractivity contribution in [1.82, 2.24) is 15.0 Å². The van der Waals surface area contributed by atoms with E-state index in [1.807, 2.05) is 41.1 Å². The topological polar surface area (TPSA) is 74.8 Å². The number of nitrogens with zero attached hydrogens (tertiary/aromatic N) is 5. The largest absolute Gasteiger partial charge is 0.340 e. The van der Waals surface area contributed by atoms with Gasteiger partial charge in [-0.2, -0.15) is 10.1 Å². The summed E-state index contributed by atoms with van der Waals surface area (Å²) in [7, 11) is 0. The van der Waals surface area contributed by atoms with Gasteiger partial charge in [-0.15, -0.1) is 0 Å². The van der Waals surface area contributed by atoms with Crippen molar-refractivity contribution >= 4 is 17.3 Å². The molecule has 0 spiro atoms. The summed E-state index contributed by atoms with van der Waals surface area (Å²) >= 11 is 0. The van der Waals surface area contributed by atoms with Crippen LogP contribution in [0.15, 0.2) is 33.9 Å². The molecule has 7 nitrogen and oxygen atoms in total. The SMILES string of the molecule is CC1=NN(c2ccc(C(=O)N3CCCC3c3noc(C)n3)cc2)CC1. The maximum atomic E-state index is 12.9. The van der Waals surface area contributed by atoms with Crippen LogP contribution in [0.2, 0.25) is 0 Å². The lowest BCUT2D eigenvalue weighted by Crippen LogP contribution is -2.31. The number of hydrogen-bond acceptors (Lipinski definition) is 6. The third kappa shape index (κ3) is 3.01. The Morgan fingerprint density at radius 2 is 2.00 bits per heavy atom. The van der Waals surface area contributed by atoms with Crippen LogP contribution in [0.1, 0.15) is 54.3 Å². The van der Waals surface area contributed by atoms with Crippen LogP contribution in [0.4, 0.5) is 5.69 Å². The normalized spacial score (nSPS) is 20.2. The number of benzene rings is 1. The molecule has 0 bridgehead atoms. The maximum absolute atomic E-state index is 12.9. The van der Waals surface area contributed by atoms with Gasteiger partial charge in [-0.05, 0) is 44.0 Å². The van der Waals surface area contributed by atoms with Crippen molar-refractivity contribution in [1.29, 1.82) is 0 Å². The van der Waals surface area contributed by atoms with Gasteiger partial charge >= 0.3 is 0 Å². The molecule has 0 saturated carbocycles. The van der Waals surface area contributed by atoms with Gasteiger partial charge in [-0.25, -0.2) is 0 Å². The fourth-order valence-corrected chi connectivity index (χ4v) is 3.43. The van der Waals surface area contributed by atoms with Gasteiger partial charge in [-0.3, -0.25) is 9.80 Å². The lowest BCUT2D eigenvalue weighted by molar-refractivity contribution is 0.0728. The number of hydrogen-bond donors (Lipinski definition) is 0. The molecule has 7 heteroatoms. The minimum Gasteiger partial charge on any atom is -0.340 e. The van der Waals surface area contributed by atoms with Gasteiger partial charge in [0.1, 0.15) is 0 Å². The highest BCUT2D eigenvalue weighted by Crippen LogP contribution is 2.32. The molecule has 2 aliphatic rings. The number of anilines is 1. The van der Waals surface area contributed by atoms with Gasteiger partial charge in [0.05, 0.1) is 11.7 Å². The number of carbonyl (C=O) groups excluding carboxylic acids is 1. The Kier molecular flexibility index (Phi) is 3.99. The molecule has 0 aliphatic carbocycles. The van der Waals surface area contributed by atoms with E-state index in [9.17, 15) is 4.79 Å². The second kappa shape index (κ2) is 6.31. The first-order valence-electron chi connectivity index (χ1n) is 8.64. The number of likely N-dealkylation sites (tertiary alicyclic amines) is 1. The van der Waals surface area contributed by atoms with Crippen molar-refractivity contribution < 1.29 is 9.32 Å². The number of aromatic nitrogens is 2. The summed E-state index contributed by atoms with van der Waals surface area (Å²) in [5, 5.41) is 10.5. The second-order valence-corrected chi connectivity index (χ2v) is 6.58. The number of hydrazone groups is 1. The van der Waals surface area contributed by atoms with E-state index < -0.39 is 0 Å². The molecular weight excluding hydrogens is 318 g/mol. The van der Waals surface area contributed by atoms with Gasteiger partial charge in [0.15, 0.2) is 5.82 Å². The molecule has 1 amide bonds. The summed E-state index contributed by atoms with van der Waals surface area (Å²) < 4.78 is 5.08. The van der Waals surface area contributed by atoms with E-state index in [0.717, 1.165) is 37.2 Å². The molecule has 0 radical (unpaired) electrons. The summed E-state index contributed by atoms with van der Waals surface area (Å²) in [6.45, 7) is 5.41. The number of carbonyl (C=O) groups is 1. The lowest BCUT2D eigenvalue weighted by Gasteiger charge is -2.22. The zero-order valence-corrected chi connectivity index (χ0v) is 14.5. The van der Waals surface area contributed by atoms with Crippen LogP contribution in [0, 0.1) is 6.92 Å². The Bertz CT molecular complexity index is 811. The van der Waals surface area contributed by atoms with E-state index in [1.54, 1.807) is 6.92 Å². The first-order valence-corrected chi connectivity index (χ1v) is 8.64. The van der Waals surface area contributed by atoms with Crippen molar-refractivity contribution in [2.24, 2.45) is 5.10 Å². The van der Waals surface area contributed by atoms with Crippen LogP contribution in [-0.2, 0) is 0 Å². The van der Waals surface area contributed by atoms with Gasteiger partial charge in [0.25, 0.3) is 5.91 Å². The molecule has 1 saturated heterocycles. The van der Waals surface area contributed by atoms with E-state index in [2.05, 4.69) is 15.2 Å². The van der Waals surface area contributed by atoms with Crippen LogP contribution >= 0.6 is 0 Å². The van der Waals surface area contributed by atoms with Crippen molar-refractivity contribution in [3.05, 3.63) is 41.5 Å². The monoisotopic (exact) mass is 339 g/mol. The van der Waals surface area contributed by atoms with Crippen LogP contribution in [-0.4, -0.2) is 39.7 Å². The molecule has 1 unspecified atom stereocenters. The highest BCUT2D eigenvalue weighted by Gasteiger charge is 2.33. The highest BCUT2D eigenvalue weighted by atomic mass is 16.5. The minimum absolute atomic E-state index is 0.0117. The molecule has 130 valence electrons. The van der Waals surface area contributed by atoms with Crippen molar-refractivity contribution in [3.8, 4) is 0 Å². The predicted octanol–water partition coefficient (Wildman–Crippen LogP) is 2.94. The van der Waals surface area contributed by atoms with Gasteiger partial charge in [-0.1, -0.05) is 5.16 Å². The Hall–Kier alpha value is -2.70. The molecule has 3 heterocycles. The zero-order valence-electron chi connectivity index (χ0n) is 14.5. The second-order valence-electron chi connectivity index (χ2n) is 6.58. The molecule has 1 fully saturated rings. The number of aryl methyl sites for hydroxylation is 1. The molecular formula is C18H21N5O2. The third-order valence-electron chi connectivity index (χ3n) is 4.74. The molecule has 1 aromatic heterocycles. The summed E-state index contributed by atoms with van der Waals surface area (Å²) in [5.41, 5.74) is 2.83. The molecule has 1 atom stereocenters. The quantitative estimate of drug-likeness (QED) is 0.859. The van der Waals surface area contributed by atoms with E-state index in [0.29, 0.717) is 23.8 Å². The van der Waals surface area contributed by atoms with E-state index in [4.69, 9.17) is 4.52 Å². The Labute approximate surface area is 146 Å². The predicted molar refractivity (Wildman–Crippen MR) is 93.6 cm³/mol. The van der Waals surface area contributed by atoms with Crippen molar-refractivity contribution in [2.75, 3.05) is 18.1 Å². The summed E-state index contributed by atoms with van der Waals surface area (Å²) in [4.78, 5) is 19.1. The van der Waals surface area contributed by atoms with Crippen molar-refractivity contribution in [3.63, 3.8) is 0 Å². The first kappa shape index (κ1) is 15.8. The first-order chi connectivity index (χ1) is 12.1. The number of amides is 1. The standard InChI is InChI=1S/C18H21N5O2/c1-12-9-11-23(20-12)15-7-5-14(6-8-15)18(24)22-10-3-4-16(22)17-19-13(2)25-21-17/h5-8,16H,3-4,9-11H2,1-2H3. The van der Waals surface area contributed by atoms with Gasteiger partial charge in [0.2, 0.25) is 5.89 Å². The Morgan fingerprint density at radius 1 is 1.20 bits per heavy atom. The highest BCUT2D eigenvalue weighted by molar-refractivity contribution is 5.95. The fourth-order valence-electron chi connectivity index (χ4n) is 3.43. The van der Waals surface area contributed by atoms with E-state index in [1.165, 1.54) is 0 Å². The van der Waals surface area contributed by atoms with Crippen LogP contribution in [0.5, 0.6) is 0 Å². The van der Waals surface area contributed by atoms with Crippen LogP contribution in [0.25, 0.3) is 0 Å². The zero-order chi connectivity index (χ0) is 17.4. The fraction of sp³-hybridized carbons (Fsp3) is 0.444. The van der Waals surface area contributed by atoms with Crippen LogP contribution < -0.4 is 5.01 Å². The minimum atomic E-state index is -0.101. The lowest BCUT2D eigenvalue weighted by atomic mass is 10.1. The molecule has 1 aromatic carbocycles. The maximum Gasteiger partial charge on any atom is 0.254 e. The smallest absolute Gasteiger partial charge is 0.254 e. The van der Waals surface area contributed by atoms with Crippen molar-refractivity contribution in [2.45, 2.75) is 39.2 Å². The van der Waals surface area contributed by atoms with Gasteiger partial charge < -0.3 is 9.42 Å². The number of rotatable bonds is 3. The molecule has 4 rings (SSSR count). The molecule has 25 heavy (non-hydrogen) atoms. The Morgan fingerprint density at radius 3 is 2.64 bits per heavy atom. The average Bonchev–Trinajstić information content (AvgIpc) is 3.34. The third-order valence-corrected chi connectivity index (χ3v) is 4.74. The Balaban J connectivity index is 1.52. The summed E-state index contributed by atoms with van der Waals surface area (Å²) in [6.07, 6.45) is 2.80. The average molecular weight is 339 g/mol. The van der Waals surface area contributed by atoms with Crippen LogP contribution in [0.3, 0.4) is 0 Å². The molecule has 2 aromatic rings. The molecule has 2 aliphatic heterocycles. The summed E-state index contributed by atoms with van der Waals surface area (Å²) in [5.74, 6) is 1.14. The van der Waals surface area contributed by atoms with E-state index in [-0.39, 0.29) is 11.9 Å².